The lowest BCUT2D eigenvalue weighted by atomic mass is 9.79. The van der Waals surface area contributed by atoms with E-state index in [1.807, 2.05) is 18.2 Å². The highest BCUT2D eigenvalue weighted by Crippen LogP contribution is 2.59. The SMILES string of the molecule is O=CC[C@@H]1[C@@H]2C[C@@H](C[C@H]2OCc2ccccc2)C12OCCO2. The second kappa shape index (κ2) is 5.76. The Balaban J connectivity index is 1.46. The summed E-state index contributed by atoms with van der Waals surface area (Å²) in [5, 5.41) is 0. The van der Waals surface area contributed by atoms with E-state index in [1.54, 1.807) is 0 Å². The molecule has 4 heteroatoms. The number of aldehydes is 1. The minimum atomic E-state index is -0.502. The first-order chi connectivity index (χ1) is 10.8. The molecule has 1 aromatic rings. The Hall–Kier alpha value is -1.23. The van der Waals surface area contributed by atoms with Gasteiger partial charge in [0.2, 0.25) is 0 Å². The van der Waals surface area contributed by atoms with Crippen LogP contribution in [0.2, 0.25) is 0 Å². The fourth-order valence-corrected chi connectivity index (χ4v) is 4.69. The largest absolute Gasteiger partial charge is 0.373 e. The number of fused-ring (bicyclic) bond motifs is 3. The van der Waals surface area contributed by atoms with Crippen molar-refractivity contribution in [1.82, 2.24) is 0 Å². The van der Waals surface area contributed by atoms with E-state index in [9.17, 15) is 4.79 Å². The van der Waals surface area contributed by atoms with Gasteiger partial charge in [0.25, 0.3) is 0 Å². The van der Waals surface area contributed by atoms with Gasteiger partial charge in [0.05, 0.1) is 25.9 Å². The van der Waals surface area contributed by atoms with Gasteiger partial charge in [-0.15, -0.1) is 0 Å². The van der Waals surface area contributed by atoms with E-state index in [2.05, 4.69) is 12.1 Å². The molecule has 2 saturated carbocycles. The van der Waals surface area contributed by atoms with Crippen LogP contribution in [-0.4, -0.2) is 31.4 Å². The normalized spacial score (nSPS) is 35.3. The van der Waals surface area contributed by atoms with Gasteiger partial charge in [-0.2, -0.15) is 0 Å². The maximum absolute atomic E-state index is 11.1. The Kier molecular flexibility index (Phi) is 3.76. The number of rotatable bonds is 5. The van der Waals surface area contributed by atoms with E-state index >= 15 is 0 Å². The zero-order valence-electron chi connectivity index (χ0n) is 12.6. The first-order valence-electron chi connectivity index (χ1n) is 8.20. The molecule has 1 saturated heterocycles. The molecule has 1 aromatic carbocycles. The molecule has 22 heavy (non-hydrogen) atoms. The first-order valence-corrected chi connectivity index (χ1v) is 8.20. The van der Waals surface area contributed by atoms with Crippen LogP contribution in [0, 0.1) is 17.8 Å². The number of carbonyl (C=O) groups excluding carboxylic acids is 1. The van der Waals surface area contributed by atoms with Crippen molar-refractivity contribution >= 4 is 6.29 Å². The minimum Gasteiger partial charge on any atom is -0.373 e. The lowest BCUT2D eigenvalue weighted by Gasteiger charge is -2.41. The molecule has 4 rings (SSSR count). The summed E-state index contributed by atoms with van der Waals surface area (Å²) < 4.78 is 18.1. The summed E-state index contributed by atoms with van der Waals surface area (Å²) in [6.07, 6.45) is 3.76. The van der Waals surface area contributed by atoms with Crippen molar-refractivity contribution in [3.63, 3.8) is 0 Å². The van der Waals surface area contributed by atoms with Gasteiger partial charge in [0.1, 0.15) is 6.29 Å². The number of ether oxygens (including phenoxy) is 3. The van der Waals surface area contributed by atoms with Crippen LogP contribution in [0.1, 0.15) is 24.8 Å². The fraction of sp³-hybridized carbons (Fsp3) is 0.611. The average molecular weight is 302 g/mol. The van der Waals surface area contributed by atoms with E-state index in [-0.39, 0.29) is 12.0 Å². The van der Waals surface area contributed by atoms with E-state index in [1.165, 1.54) is 5.56 Å². The molecule has 0 amide bonds. The fourth-order valence-electron chi connectivity index (χ4n) is 4.69. The molecule has 2 aliphatic carbocycles. The minimum absolute atomic E-state index is 0.145. The van der Waals surface area contributed by atoms with Gasteiger partial charge in [-0.1, -0.05) is 30.3 Å². The molecule has 3 aliphatic rings. The Bertz CT molecular complexity index is 523. The molecule has 2 bridgehead atoms. The second-order valence-corrected chi connectivity index (χ2v) is 6.59. The van der Waals surface area contributed by atoms with Crippen LogP contribution in [0.4, 0.5) is 0 Å². The molecule has 0 unspecified atom stereocenters. The lowest BCUT2D eigenvalue weighted by molar-refractivity contribution is -0.236. The maximum atomic E-state index is 11.1. The third-order valence-electron chi connectivity index (χ3n) is 5.55. The number of benzene rings is 1. The Morgan fingerprint density at radius 2 is 1.95 bits per heavy atom. The van der Waals surface area contributed by atoms with Gasteiger partial charge < -0.3 is 19.0 Å². The van der Waals surface area contributed by atoms with E-state index in [0.29, 0.717) is 38.1 Å². The summed E-state index contributed by atoms with van der Waals surface area (Å²) in [6.45, 7) is 1.93. The van der Waals surface area contributed by atoms with Crippen molar-refractivity contribution in [2.75, 3.05) is 13.2 Å². The smallest absolute Gasteiger partial charge is 0.174 e. The van der Waals surface area contributed by atoms with Crippen LogP contribution in [0.25, 0.3) is 0 Å². The van der Waals surface area contributed by atoms with Crippen molar-refractivity contribution in [3.05, 3.63) is 35.9 Å². The second-order valence-electron chi connectivity index (χ2n) is 6.59. The van der Waals surface area contributed by atoms with Crippen LogP contribution < -0.4 is 0 Å². The predicted molar refractivity (Wildman–Crippen MR) is 80.0 cm³/mol. The molecule has 1 heterocycles. The van der Waals surface area contributed by atoms with Crippen LogP contribution in [0.15, 0.2) is 30.3 Å². The first kappa shape index (κ1) is 14.4. The highest BCUT2D eigenvalue weighted by Gasteiger charge is 2.65. The standard InChI is InChI=1S/C18H22O4/c19-7-6-16-15-10-14(18(16)21-8-9-22-18)11-17(15)20-12-13-4-2-1-3-5-13/h1-5,7,14-17H,6,8-12H2/t14-,15-,16+,17+/m0/s1. The number of carbonyl (C=O) groups is 1. The maximum Gasteiger partial charge on any atom is 0.174 e. The van der Waals surface area contributed by atoms with E-state index < -0.39 is 5.79 Å². The number of hydrogen-bond acceptors (Lipinski definition) is 4. The van der Waals surface area contributed by atoms with Crippen molar-refractivity contribution in [1.29, 1.82) is 0 Å². The molecule has 0 aromatic heterocycles. The predicted octanol–water partition coefficient (Wildman–Crippen LogP) is 2.56. The summed E-state index contributed by atoms with van der Waals surface area (Å²) >= 11 is 0. The summed E-state index contributed by atoms with van der Waals surface area (Å²) in [7, 11) is 0. The molecule has 118 valence electrons. The molecule has 1 spiro atoms. The molecule has 1 aliphatic heterocycles. The molecular formula is C18H22O4. The van der Waals surface area contributed by atoms with E-state index in [0.717, 1.165) is 19.1 Å². The summed E-state index contributed by atoms with van der Waals surface area (Å²) in [5.74, 6) is 0.382. The zero-order chi connectivity index (χ0) is 15.0. The van der Waals surface area contributed by atoms with Crippen molar-refractivity contribution in [3.8, 4) is 0 Å². The molecule has 0 N–H and O–H groups in total. The van der Waals surface area contributed by atoms with Crippen molar-refractivity contribution < 1.29 is 19.0 Å². The van der Waals surface area contributed by atoms with Crippen LogP contribution in [0.5, 0.6) is 0 Å². The molecule has 3 fully saturated rings. The van der Waals surface area contributed by atoms with Crippen molar-refractivity contribution in [2.45, 2.75) is 37.8 Å². The molecular weight excluding hydrogens is 280 g/mol. The van der Waals surface area contributed by atoms with Crippen LogP contribution in [-0.2, 0) is 25.6 Å². The van der Waals surface area contributed by atoms with Crippen molar-refractivity contribution in [2.24, 2.45) is 17.8 Å². The summed E-state index contributed by atoms with van der Waals surface area (Å²) in [5.41, 5.74) is 1.19. The van der Waals surface area contributed by atoms with Gasteiger partial charge in [-0.05, 0) is 24.3 Å². The highest BCUT2D eigenvalue weighted by molar-refractivity contribution is 5.50. The third kappa shape index (κ3) is 2.21. The zero-order valence-corrected chi connectivity index (χ0v) is 12.6. The van der Waals surface area contributed by atoms with Crippen LogP contribution >= 0.6 is 0 Å². The van der Waals surface area contributed by atoms with Crippen LogP contribution in [0.3, 0.4) is 0 Å². The monoisotopic (exact) mass is 302 g/mol. The van der Waals surface area contributed by atoms with Gasteiger partial charge in [-0.25, -0.2) is 0 Å². The summed E-state index contributed by atoms with van der Waals surface area (Å²) in [4.78, 5) is 11.1. The Morgan fingerprint density at radius 3 is 2.68 bits per heavy atom. The van der Waals surface area contributed by atoms with Gasteiger partial charge >= 0.3 is 0 Å². The molecule has 4 atom stereocenters. The highest BCUT2D eigenvalue weighted by atomic mass is 16.7. The topological polar surface area (TPSA) is 44.8 Å². The lowest BCUT2D eigenvalue weighted by Crippen LogP contribution is -2.48. The Labute approximate surface area is 130 Å². The number of hydrogen-bond donors (Lipinski definition) is 0. The molecule has 4 nitrogen and oxygen atoms in total. The van der Waals surface area contributed by atoms with Gasteiger partial charge in [-0.3, -0.25) is 0 Å². The average Bonchev–Trinajstić information content (AvgIpc) is 3.25. The van der Waals surface area contributed by atoms with Gasteiger partial charge in [0.15, 0.2) is 5.79 Å². The Morgan fingerprint density at radius 1 is 1.18 bits per heavy atom. The molecule has 0 radical (unpaired) electrons. The van der Waals surface area contributed by atoms with Gasteiger partial charge in [0, 0.05) is 18.3 Å². The van der Waals surface area contributed by atoms with E-state index in [4.69, 9.17) is 14.2 Å². The quantitative estimate of drug-likeness (QED) is 0.784. The third-order valence-corrected chi connectivity index (χ3v) is 5.55. The summed E-state index contributed by atoms with van der Waals surface area (Å²) in [6, 6.07) is 10.2.